The molecule has 1 heterocycles. The van der Waals surface area contributed by atoms with Crippen LogP contribution in [0.1, 0.15) is 12.0 Å². The standard InChI is InChI=1S/C11H16N4O5/c1-7-5-13-15(6-7)3-2-12-11(20)14-8(10(18)19)4-9(16)17/h5-6,8H,2-4H2,1H3,(H,16,17)(H,18,19)(H2,12,14,20)/t8-/m1/s1. The Kier molecular flexibility index (Phi) is 5.51. The summed E-state index contributed by atoms with van der Waals surface area (Å²) in [7, 11) is 0. The molecule has 0 aliphatic heterocycles. The molecule has 0 radical (unpaired) electrons. The normalized spacial score (nSPS) is 11.7. The average Bonchev–Trinajstić information content (AvgIpc) is 2.73. The van der Waals surface area contributed by atoms with E-state index in [0.29, 0.717) is 6.54 Å². The van der Waals surface area contributed by atoms with Gasteiger partial charge in [-0.3, -0.25) is 9.48 Å². The van der Waals surface area contributed by atoms with Crippen molar-refractivity contribution in [1.29, 1.82) is 0 Å². The van der Waals surface area contributed by atoms with Crippen LogP contribution in [0, 0.1) is 6.92 Å². The summed E-state index contributed by atoms with van der Waals surface area (Å²) < 4.78 is 1.63. The van der Waals surface area contributed by atoms with Crippen molar-refractivity contribution in [2.45, 2.75) is 25.9 Å². The first-order chi connectivity index (χ1) is 9.38. The number of carbonyl (C=O) groups is 3. The topological polar surface area (TPSA) is 134 Å². The zero-order valence-electron chi connectivity index (χ0n) is 10.9. The molecule has 0 fully saturated rings. The number of carboxylic acid groups (broad SMARTS) is 2. The molecule has 0 aliphatic rings. The summed E-state index contributed by atoms with van der Waals surface area (Å²) in [6, 6.07) is -2.19. The van der Waals surface area contributed by atoms with Crippen molar-refractivity contribution in [3.8, 4) is 0 Å². The lowest BCUT2D eigenvalue weighted by atomic mass is 10.2. The van der Waals surface area contributed by atoms with Crippen LogP contribution >= 0.6 is 0 Å². The molecule has 4 N–H and O–H groups in total. The van der Waals surface area contributed by atoms with E-state index in [1.165, 1.54) is 0 Å². The maximum Gasteiger partial charge on any atom is 0.326 e. The number of carbonyl (C=O) groups excluding carboxylic acids is 1. The van der Waals surface area contributed by atoms with Crippen molar-refractivity contribution in [2.75, 3.05) is 6.54 Å². The van der Waals surface area contributed by atoms with Crippen LogP contribution in [0.3, 0.4) is 0 Å². The molecule has 9 heteroatoms. The fourth-order valence-corrected chi connectivity index (χ4v) is 1.46. The van der Waals surface area contributed by atoms with Gasteiger partial charge in [0.2, 0.25) is 0 Å². The molecule has 1 rings (SSSR count). The third-order valence-electron chi connectivity index (χ3n) is 2.37. The maximum atomic E-state index is 11.4. The number of nitrogens with one attached hydrogen (secondary N) is 2. The van der Waals surface area contributed by atoms with Crippen LogP contribution in [-0.4, -0.2) is 50.5 Å². The van der Waals surface area contributed by atoms with Gasteiger partial charge in [-0.1, -0.05) is 0 Å². The van der Waals surface area contributed by atoms with Crippen LogP contribution < -0.4 is 10.6 Å². The highest BCUT2D eigenvalue weighted by atomic mass is 16.4. The molecule has 1 aromatic rings. The van der Waals surface area contributed by atoms with E-state index in [1.807, 2.05) is 6.92 Å². The zero-order valence-corrected chi connectivity index (χ0v) is 10.9. The molecule has 0 spiro atoms. The monoisotopic (exact) mass is 284 g/mol. The van der Waals surface area contributed by atoms with Gasteiger partial charge in [0.1, 0.15) is 6.04 Å². The van der Waals surface area contributed by atoms with Crippen LogP contribution in [0.2, 0.25) is 0 Å². The summed E-state index contributed by atoms with van der Waals surface area (Å²) in [5.41, 5.74) is 0.988. The van der Waals surface area contributed by atoms with Gasteiger partial charge in [0.05, 0.1) is 19.2 Å². The number of urea groups is 1. The number of carboxylic acids is 2. The third kappa shape index (κ3) is 5.38. The van der Waals surface area contributed by atoms with E-state index in [1.54, 1.807) is 17.1 Å². The number of rotatable bonds is 7. The van der Waals surface area contributed by atoms with Gasteiger partial charge in [-0.25, -0.2) is 9.59 Å². The van der Waals surface area contributed by atoms with E-state index in [2.05, 4.69) is 15.7 Å². The van der Waals surface area contributed by atoms with Crippen molar-refractivity contribution in [3.05, 3.63) is 18.0 Å². The Balaban J connectivity index is 2.34. The molecular weight excluding hydrogens is 268 g/mol. The Morgan fingerprint density at radius 3 is 2.60 bits per heavy atom. The van der Waals surface area contributed by atoms with Gasteiger partial charge >= 0.3 is 18.0 Å². The maximum absolute atomic E-state index is 11.4. The second-order valence-corrected chi connectivity index (χ2v) is 4.17. The molecular formula is C11H16N4O5. The lowest BCUT2D eigenvalue weighted by Crippen LogP contribution is -2.47. The fourth-order valence-electron chi connectivity index (χ4n) is 1.46. The van der Waals surface area contributed by atoms with Crippen LogP contribution in [0.25, 0.3) is 0 Å². The second kappa shape index (κ2) is 7.12. The summed E-state index contributed by atoms with van der Waals surface area (Å²) in [5.74, 6) is -2.70. The fraction of sp³-hybridized carbons (Fsp3) is 0.455. The molecule has 20 heavy (non-hydrogen) atoms. The number of hydrogen-bond acceptors (Lipinski definition) is 4. The lowest BCUT2D eigenvalue weighted by Gasteiger charge is -2.13. The minimum atomic E-state index is -1.46. The predicted octanol–water partition coefficient (Wildman–Crippen LogP) is -0.581. The lowest BCUT2D eigenvalue weighted by molar-refractivity contribution is -0.145. The van der Waals surface area contributed by atoms with E-state index in [0.717, 1.165) is 5.56 Å². The Bertz CT molecular complexity index is 499. The van der Waals surface area contributed by atoms with Gasteiger partial charge in [0.15, 0.2) is 0 Å². The third-order valence-corrected chi connectivity index (χ3v) is 2.37. The van der Waals surface area contributed by atoms with Crippen LogP contribution in [0.15, 0.2) is 12.4 Å². The van der Waals surface area contributed by atoms with Gasteiger partial charge in [-0.05, 0) is 12.5 Å². The Morgan fingerprint density at radius 1 is 1.40 bits per heavy atom. The molecule has 0 aliphatic carbocycles. The number of aliphatic carboxylic acids is 2. The molecule has 0 saturated carbocycles. The van der Waals surface area contributed by atoms with Gasteiger partial charge in [0, 0.05) is 12.7 Å². The Morgan fingerprint density at radius 2 is 2.10 bits per heavy atom. The molecule has 110 valence electrons. The Labute approximate surface area is 114 Å². The summed E-state index contributed by atoms with van der Waals surface area (Å²) in [6.45, 7) is 2.55. The summed E-state index contributed by atoms with van der Waals surface area (Å²) in [5, 5.41) is 25.8. The van der Waals surface area contributed by atoms with Crippen molar-refractivity contribution in [3.63, 3.8) is 0 Å². The zero-order chi connectivity index (χ0) is 15.1. The molecule has 0 unspecified atom stereocenters. The van der Waals surface area contributed by atoms with E-state index in [9.17, 15) is 14.4 Å². The summed E-state index contributed by atoms with van der Waals surface area (Å²) >= 11 is 0. The highest BCUT2D eigenvalue weighted by Crippen LogP contribution is 1.94. The number of aryl methyl sites for hydroxylation is 1. The largest absolute Gasteiger partial charge is 0.481 e. The predicted molar refractivity (Wildman–Crippen MR) is 67.2 cm³/mol. The SMILES string of the molecule is Cc1cnn(CCNC(=O)N[C@H](CC(=O)O)C(=O)O)c1. The molecule has 0 aromatic carbocycles. The molecule has 0 bridgehead atoms. The highest BCUT2D eigenvalue weighted by molar-refractivity contribution is 5.86. The minimum absolute atomic E-state index is 0.242. The molecule has 1 atom stereocenters. The van der Waals surface area contributed by atoms with Crippen molar-refractivity contribution in [2.24, 2.45) is 0 Å². The first-order valence-corrected chi connectivity index (χ1v) is 5.86. The minimum Gasteiger partial charge on any atom is -0.481 e. The summed E-state index contributed by atoms with van der Waals surface area (Å²) in [4.78, 5) is 32.6. The van der Waals surface area contributed by atoms with Crippen molar-refractivity contribution in [1.82, 2.24) is 20.4 Å². The first-order valence-electron chi connectivity index (χ1n) is 5.86. The van der Waals surface area contributed by atoms with Crippen LogP contribution in [-0.2, 0) is 16.1 Å². The molecule has 0 saturated heterocycles. The van der Waals surface area contributed by atoms with Crippen molar-refractivity contribution < 1.29 is 24.6 Å². The smallest absolute Gasteiger partial charge is 0.326 e. The average molecular weight is 284 g/mol. The number of amides is 2. The van der Waals surface area contributed by atoms with Crippen LogP contribution in [0.4, 0.5) is 4.79 Å². The van der Waals surface area contributed by atoms with E-state index in [-0.39, 0.29) is 6.54 Å². The quantitative estimate of drug-likeness (QED) is 0.529. The second-order valence-electron chi connectivity index (χ2n) is 4.17. The number of aromatic nitrogens is 2. The first kappa shape index (κ1) is 15.5. The highest BCUT2D eigenvalue weighted by Gasteiger charge is 2.22. The van der Waals surface area contributed by atoms with Gasteiger partial charge in [-0.15, -0.1) is 0 Å². The van der Waals surface area contributed by atoms with Crippen LogP contribution in [0.5, 0.6) is 0 Å². The molecule has 2 amide bonds. The van der Waals surface area contributed by atoms with Crippen molar-refractivity contribution >= 4 is 18.0 Å². The van der Waals surface area contributed by atoms with E-state index in [4.69, 9.17) is 10.2 Å². The van der Waals surface area contributed by atoms with Gasteiger partial charge in [0.25, 0.3) is 0 Å². The summed E-state index contributed by atoms with van der Waals surface area (Å²) in [6.07, 6.45) is 2.79. The number of nitrogens with zero attached hydrogens (tertiary/aromatic N) is 2. The Hall–Kier alpha value is -2.58. The molecule has 9 nitrogen and oxygen atoms in total. The van der Waals surface area contributed by atoms with E-state index >= 15 is 0 Å². The van der Waals surface area contributed by atoms with Gasteiger partial charge in [-0.2, -0.15) is 5.10 Å². The molecule has 1 aromatic heterocycles. The van der Waals surface area contributed by atoms with Gasteiger partial charge < -0.3 is 20.8 Å². The number of hydrogen-bond donors (Lipinski definition) is 4. The van der Waals surface area contributed by atoms with E-state index < -0.39 is 30.4 Å².